The summed E-state index contributed by atoms with van der Waals surface area (Å²) >= 11 is 8.25. The molecule has 248 valence electrons. The monoisotopic (exact) mass is 674 g/mol. The van der Waals surface area contributed by atoms with E-state index in [2.05, 4.69) is 6.07 Å². The molecule has 5 rings (SSSR count). The lowest BCUT2D eigenvalue weighted by Gasteiger charge is -2.37. The molecule has 0 unspecified atom stereocenters. The van der Waals surface area contributed by atoms with Crippen LogP contribution in [0.2, 0.25) is 5.02 Å². The number of carbonyl (C=O) groups is 3. The van der Waals surface area contributed by atoms with Crippen molar-refractivity contribution in [3.63, 3.8) is 0 Å². The van der Waals surface area contributed by atoms with Crippen molar-refractivity contribution in [1.82, 2.24) is 9.80 Å². The Morgan fingerprint density at radius 2 is 1.60 bits per heavy atom. The van der Waals surface area contributed by atoms with Crippen molar-refractivity contribution in [1.29, 1.82) is 0 Å². The van der Waals surface area contributed by atoms with Gasteiger partial charge in [-0.3, -0.25) is 9.59 Å². The number of ketones is 1. The first kappa shape index (κ1) is 34.5. The Balaban J connectivity index is 1.41. The SMILES string of the molecule is COc1ccc(-c2ccc(C(C)=O)cc2)cc1CN(CC1CCC(N(C)C(=O)OC(C)(C)C)CC1)C(=O)c1sc2ccccc2c1Cl. The molecule has 1 aliphatic rings. The summed E-state index contributed by atoms with van der Waals surface area (Å²) in [4.78, 5) is 43.1. The second-order valence-corrected chi connectivity index (χ2v) is 14.8. The summed E-state index contributed by atoms with van der Waals surface area (Å²) in [6, 6.07) is 21.4. The first-order valence-electron chi connectivity index (χ1n) is 16.0. The molecule has 0 aliphatic heterocycles. The number of amides is 2. The quantitative estimate of drug-likeness (QED) is 0.165. The number of thiophene rings is 1. The van der Waals surface area contributed by atoms with Crippen LogP contribution in [0.5, 0.6) is 5.75 Å². The summed E-state index contributed by atoms with van der Waals surface area (Å²) < 4.78 is 12.4. The zero-order valence-corrected chi connectivity index (χ0v) is 29.5. The van der Waals surface area contributed by atoms with Crippen LogP contribution in [0, 0.1) is 5.92 Å². The lowest BCUT2D eigenvalue weighted by atomic mass is 9.85. The van der Waals surface area contributed by atoms with Gasteiger partial charge in [0.25, 0.3) is 5.91 Å². The molecular weight excluding hydrogens is 632 g/mol. The Kier molecular flexibility index (Phi) is 10.6. The van der Waals surface area contributed by atoms with Crippen LogP contribution in [0.25, 0.3) is 21.2 Å². The van der Waals surface area contributed by atoms with Gasteiger partial charge in [0.15, 0.2) is 5.78 Å². The van der Waals surface area contributed by atoms with E-state index in [4.69, 9.17) is 21.1 Å². The topological polar surface area (TPSA) is 76.2 Å². The Morgan fingerprint density at radius 3 is 2.21 bits per heavy atom. The van der Waals surface area contributed by atoms with Gasteiger partial charge in [-0.15, -0.1) is 11.3 Å². The molecule has 0 radical (unpaired) electrons. The van der Waals surface area contributed by atoms with Gasteiger partial charge in [-0.2, -0.15) is 0 Å². The minimum absolute atomic E-state index is 0.0199. The van der Waals surface area contributed by atoms with E-state index in [1.807, 2.05) is 93.4 Å². The summed E-state index contributed by atoms with van der Waals surface area (Å²) in [5.41, 5.74) is 2.93. The molecule has 1 aliphatic carbocycles. The van der Waals surface area contributed by atoms with E-state index in [-0.39, 0.29) is 29.7 Å². The number of nitrogens with zero attached hydrogens (tertiary/aromatic N) is 2. The number of hydrogen-bond donors (Lipinski definition) is 0. The van der Waals surface area contributed by atoms with E-state index in [1.165, 1.54) is 11.3 Å². The van der Waals surface area contributed by atoms with Crippen LogP contribution < -0.4 is 4.74 Å². The van der Waals surface area contributed by atoms with Crippen molar-refractivity contribution < 1.29 is 23.9 Å². The van der Waals surface area contributed by atoms with Crippen LogP contribution in [-0.4, -0.2) is 59.9 Å². The zero-order valence-electron chi connectivity index (χ0n) is 28.0. The number of Topliss-reactive ketones (excluding diaryl/α,β-unsaturated/α-hetero) is 1. The highest BCUT2D eigenvalue weighted by molar-refractivity contribution is 7.21. The zero-order chi connectivity index (χ0) is 33.9. The summed E-state index contributed by atoms with van der Waals surface area (Å²) in [6.45, 7) is 8.06. The number of halogens is 1. The number of benzene rings is 3. The van der Waals surface area contributed by atoms with Crippen molar-refractivity contribution in [2.45, 2.75) is 71.6 Å². The molecule has 0 spiro atoms. The second kappa shape index (κ2) is 14.5. The fraction of sp³-hybridized carbons (Fsp3) is 0.395. The molecule has 1 heterocycles. The van der Waals surface area contributed by atoms with Crippen LogP contribution >= 0.6 is 22.9 Å². The number of ether oxygens (including phenoxy) is 2. The number of hydrogen-bond acceptors (Lipinski definition) is 6. The molecule has 1 fully saturated rings. The number of methoxy groups -OCH3 is 1. The minimum Gasteiger partial charge on any atom is -0.496 e. The Bertz CT molecular complexity index is 1750. The number of rotatable bonds is 9. The van der Waals surface area contributed by atoms with Crippen LogP contribution in [0.15, 0.2) is 66.7 Å². The molecule has 2 amide bonds. The molecule has 3 aromatic carbocycles. The largest absolute Gasteiger partial charge is 0.496 e. The molecule has 7 nitrogen and oxygen atoms in total. The summed E-state index contributed by atoms with van der Waals surface area (Å²) in [6.07, 6.45) is 3.12. The molecule has 0 bridgehead atoms. The van der Waals surface area contributed by atoms with Gasteiger partial charge in [0.1, 0.15) is 16.2 Å². The first-order chi connectivity index (χ1) is 22.3. The first-order valence-corrected chi connectivity index (χ1v) is 17.2. The maximum Gasteiger partial charge on any atom is 0.410 e. The lowest BCUT2D eigenvalue weighted by Crippen LogP contribution is -2.43. The molecule has 4 aromatic rings. The molecule has 47 heavy (non-hydrogen) atoms. The van der Waals surface area contributed by atoms with E-state index < -0.39 is 5.60 Å². The molecule has 0 atom stereocenters. The van der Waals surface area contributed by atoms with Gasteiger partial charge < -0.3 is 19.3 Å². The summed E-state index contributed by atoms with van der Waals surface area (Å²) in [7, 11) is 3.45. The van der Waals surface area contributed by atoms with Gasteiger partial charge in [-0.1, -0.05) is 60.1 Å². The van der Waals surface area contributed by atoms with E-state index in [9.17, 15) is 14.4 Å². The van der Waals surface area contributed by atoms with E-state index in [0.29, 0.717) is 34.3 Å². The van der Waals surface area contributed by atoms with Crippen molar-refractivity contribution in [2.75, 3.05) is 20.7 Å². The average molecular weight is 675 g/mol. The van der Waals surface area contributed by atoms with Gasteiger partial charge in [0.05, 0.1) is 12.1 Å². The number of carbonyl (C=O) groups excluding carboxylic acids is 3. The predicted molar refractivity (Wildman–Crippen MR) is 190 cm³/mol. The molecule has 1 aromatic heterocycles. The van der Waals surface area contributed by atoms with Gasteiger partial charge in [-0.05, 0) is 88.6 Å². The van der Waals surface area contributed by atoms with Crippen molar-refractivity contribution in [2.24, 2.45) is 5.92 Å². The third-order valence-corrected chi connectivity index (χ3v) is 10.5. The molecule has 0 N–H and O–H groups in total. The number of fused-ring (bicyclic) bond motifs is 1. The van der Waals surface area contributed by atoms with Gasteiger partial charge in [-0.25, -0.2) is 4.79 Å². The Morgan fingerprint density at radius 1 is 0.936 bits per heavy atom. The smallest absolute Gasteiger partial charge is 0.410 e. The third-order valence-electron chi connectivity index (χ3n) is 8.81. The van der Waals surface area contributed by atoms with E-state index in [0.717, 1.165) is 52.5 Å². The highest BCUT2D eigenvalue weighted by Gasteiger charge is 2.32. The van der Waals surface area contributed by atoms with Gasteiger partial charge in [0.2, 0.25) is 0 Å². The average Bonchev–Trinajstić information content (AvgIpc) is 3.39. The minimum atomic E-state index is -0.548. The molecule has 9 heteroatoms. The normalized spacial score (nSPS) is 16.5. The standard InChI is InChI=1S/C38H43ClN2O5S/c1-24(42)26-13-15-27(16-14-26)28-17-20-32(45-6)29(21-28)23-41(36(43)35-34(39)31-9-7-8-10-33(31)47-35)22-25-11-18-30(19-12-25)40(5)37(44)46-38(2,3)4/h7-10,13-17,20-21,25,30H,11-12,18-19,22-23H2,1-6H3. The summed E-state index contributed by atoms with van der Waals surface area (Å²) in [5.74, 6) is 0.856. The van der Waals surface area contributed by atoms with Gasteiger partial charge in [0, 0.05) is 47.4 Å². The second-order valence-electron chi connectivity index (χ2n) is 13.4. The van der Waals surface area contributed by atoms with E-state index >= 15 is 0 Å². The summed E-state index contributed by atoms with van der Waals surface area (Å²) in [5, 5.41) is 1.36. The van der Waals surface area contributed by atoms with Crippen molar-refractivity contribution >= 4 is 50.8 Å². The van der Waals surface area contributed by atoms with Crippen LogP contribution in [-0.2, 0) is 11.3 Å². The van der Waals surface area contributed by atoms with E-state index in [1.54, 1.807) is 18.9 Å². The maximum absolute atomic E-state index is 14.4. The van der Waals surface area contributed by atoms with Crippen LogP contribution in [0.3, 0.4) is 0 Å². The Hall–Kier alpha value is -3.88. The predicted octanol–water partition coefficient (Wildman–Crippen LogP) is 9.50. The van der Waals surface area contributed by atoms with Crippen LogP contribution in [0.1, 0.15) is 79.0 Å². The molecule has 0 saturated heterocycles. The molecule has 1 saturated carbocycles. The Labute approximate surface area is 286 Å². The third kappa shape index (κ3) is 8.17. The van der Waals surface area contributed by atoms with Gasteiger partial charge >= 0.3 is 6.09 Å². The highest BCUT2D eigenvalue weighted by Crippen LogP contribution is 2.38. The fourth-order valence-corrected chi connectivity index (χ4v) is 7.69. The maximum atomic E-state index is 14.4. The lowest BCUT2D eigenvalue weighted by molar-refractivity contribution is 0.0165. The fourth-order valence-electron chi connectivity index (χ4n) is 6.21. The highest BCUT2D eigenvalue weighted by atomic mass is 35.5. The van der Waals surface area contributed by atoms with Crippen molar-refractivity contribution in [3.05, 3.63) is 87.8 Å². The van der Waals surface area contributed by atoms with Crippen molar-refractivity contribution in [3.8, 4) is 16.9 Å². The molecular formula is C38H43ClN2O5S. The van der Waals surface area contributed by atoms with Crippen LogP contribution in [0.4, 0.5) is 4.79 Å².